The molecule has 1 unspecified atom stereocenters. The minimum Gasteiger partial charge on any atom is -0.377 e. The van der Waals surface area contributed by atoms with Crippen LogP contribution in [0.5, 0.6) is 0 Å². The number of nitrogens with one attached hydrogen (secondary N) is 3. The van der Waals surface area contributed by atoms with Gasteiger partial charge in [-0.3, -0.25) is 0 Å². The van der Waals surface area contributed by atoms with Gasteiger partial charge < -0.3 is 25.3 Å². The number of aromatic nitrogens is 4. The molecule has 11 heteroatoms. The molecule has 2 aliphatic heterocycles. The number of pyridine rings is 1. The van der Waals surface area contributed by atoms with Crippen LogP contribution in [0.2, 0.25) is 0 Å². The summed E-state index contributed by atoms with van der Waals surface area (Å²) >= 11 is 0. The van der Waals surface area contributed by atoms with Crippen LogP contribution in [0.1, 0.15) is 38.2 Å². The Kier molecular flexibility index (Phi) is 5.37. The number of anilines is 2. The monoisotopic (exact) mass is 487 g/mol. The number of ether oxygens (including phenoxy) is 1. The number of rotatable bonds is 4. The standard InChI is InChI=1S/C24H28F3N7O/c1-14-13-35-9-8-34(14)19-3-2-16-17(11-28-21(16)32-19)20-18(24(25,26)27)12-29-22(33-20)31-15-4-5-23(6-7-23)30-10-15/h2-3,11-12,14-15,30H,4-10,13H2,1H3,(H,28,32)(H,29,31,33)/t14-,15?/m0/s1. The Balaban J connectivity index is 1.32. The highest BCUT2D eigenvalue weighted by Gasteiger charge is 2.45. The zero-order valence-electron chi connectivity index (χ0n) is 19.5. The lowest BCUT2D eigenvalue weighted by atomic mass is 9.99. The van der Waals surface area contributed by atoms with Crippen LogP contribution in [-0.4, -0.2) is 63.9 Å². The molecular weight excluding hydrogens is 459 g/mol. The van der Waals surface area contributed by atoms with Crippen LogP contribution < -0.4 is 15.5 Å². The van der Waals surface area contributed by atoms with Gasteiger partial charge in [-0.05, 0) is 44.7 Å². The molecule has 2 saturated heterocycles. The molecule has 3 aromatic heterocycles. The predicted octanol–water partition coefficient (Wildman–Crippen LogP) is 3.96. The van der Waals surface area contributed by atoms with Crippen LogP contribution >= 0.6 is 0 Å². The molecule has 5 heterocycles. The van der Waals surface area contributed by atoms with Crippen LogP contribution in [0.3, 0.4) is 0 Å². The maximum absolute atomic E-state index is 13.9. The highest BCUT2D eigenvalue weighted by molar-refractivity contribution is 5.94. The molecule has 1 aliphatic carbocycles. The SMILES string of the molecule is C[C@H]1COCCN1c1ccc2c(-c3nc(NC4CCC5(CC5)NC4)ncc3C(F)(F)F)c[nH]c2n1. The van der Waals surface area contributed by atoms with Gasteiger partial charge in [0, 0.05) is 48.0 Å². The van der Waals surface area contributed by atoms with E-state index in [4.69, 9.17) is 4.74 Å². The summed E-state index contributed by atoms with van der Waals surface area (Å²) in [4.78, 5) is 18.2. The molecule has 1 spiro atoms. The summed E-state index contributed by atoms with van der Waals surface area (Å²) in [5.74, 6) is 0.966. The van der Waals surface area contributed by atoms with E-state index in [1.165, 1.54) is 12.8 Å². The Morgan fingerprint density at radius 3 is 2.77 bits per heavy atom. The van der Waals surface area contributed by atoms with E-state index in [9.17, 15) is 13.2 Å². The summed E-state index contributed by atoms with van der Waals surface area (Å²) in [6, 6.07) is 3.89. The fourth-order valence-corrected chi connectivity index (χ4v) is 5.15. The van der Waals surface area contributed by atoms with E-state index in [0.29, 0.717) is 41.9 Å². The number of alkyl halides is 3. The number of morpholine rings is 1. The van der Waals surface area contributed by atoms with Crippen molar-refractivity contribution in [2.24, 2.45) is 0 Å². The molecule has 3 aromatic rings. The average molecular weight is 488 g/mol. The number of H-pyrrole nitrogens is 1. The molecule has 3 aliphatic rings. The molecule has 2 atom stereocenters. The second-order valence-corrected chi connectivity index (χ2v) is 9.88. The van der Waals surface area contributed by atoms with Gasteiger partial charge in [0.1, 0.15) is 17.0 Å². The summed E-state index contributed by atoms with van der Waals surface area (Å²) in [6.07, 6.45) is 2.22. The fourth-order valence-electron chi connectivity index (χ4n) is 5.15. The summed E-state index contributed by atoms with van der Waals surface area (Å²) in [5, 5.41) is 7.37. The number of fused-ring (bicyclic) bond motifs is 1. The molecule has 35 heavy (non-hydrogen) atoms. The number of piperidine rings is 1. The highest BCUT2D eigenvalue weighted by atomic mass is 19.4. The van der Waals surface area contributed by atoms with Crippen molar-refractivity contribution in [1.29, 1.82) is 0 Å². The van der Waals surface area contributed by atoms with Gasteiger partial charge >= 0.3 is 6.18 Å². The van der Waals surface area contributed by atoms with Crippen molar-refractivity contribution >= 4 is 22.8 Å². The lowest BCUT2D eigenvalue weighted by molar-refractivity contribution is -0.137. The van der Waals surface area contributed by atoms with E-state index in [-0.39, 0.29) is 23.7 Å². The van der Waals surface area contributed by atoms with Gasteiger partial charge in [0.2, 0.25) is 5.95 Å². The minimum absolute atomic E-state index is 0.0773. The Morgan fingerprint density at radius 2 is 2.06 bits per heavy atom. The molecule has 3 fully saturated rings. The predicted molar refractivity (Wildman–Crippen MR) is 126 cm³/mol. The fraction of sp³-hybridized carbons (Fsp3) is 0.542. The zero-order valence-corrected chi connectivity index (χ0v) is 19.5. The second kappa shape index (κ2) is 8.34. The third-order valence-corrected chi connectivity index (χ3v) is 7.42. The molecule has 0 radical (unpaired) electrons. The first kappa shape index (κ1) is 22.5. The van der Waals surface area contributed by atoms with E-state index in [0.717, 1.165) is 31.4 Å². The topological polar surface area (TPSA) is 91.0 Å². The van der Waals surface area contributed by atoms with Gasteiger partial charge in [-0.1, -0.05) is 0 Å². The summed E-state index contributed by atoms with van der Waals surface area (Å²) in [5.41, 5.74) is 0.139. The Hall–Kier alpha value is -2.92. The molecule has 186 valence electrons. The summed E-state index contributed by atoms with van der Waals surface area (Å²) in [6.45, 7) is 4.74. The van der Waals surface area contributed by atoms with Crippen molar-refractivity contribution in [3.8, 4) is 11.3 Å². The lowest BCUT2D eigenvalue weighted by Crippen LogP contribution is -2.46. The van der Waals surface area contributed by atoms with E-state index < -0.39 is 11.7 Å². The molecule has 6 rings (SSSR count). The first-order valence-electron chi connectivity index (χ1n) is 12.1. The Labute approximate surface area is 200 Å². The van der Waals surface area contributed by atoms with E-state index in [2.05, 4.69) is 42.4 Å². The van der Waals surface area contributed by atoms with Gasteiger partial charge in [0.05, 0.1) is 24.9 Å². The van der Waals surface area contributed by atoms with E-state index in [1.54, 1.807) is 12.3 Å². The number of nitrogens with zero attached hydrogens (tertiary/aromatic N) is 4. The highest BCUT2D eigenvalue weighted by Crippen LogP contribution is 2.42. The van der Waals surface area contributed by atoms with Crippen LogP contribution in [0.15, 0.2) is 24.5 Å². The van der Waals surface area contributed by atoms with Crippen molar-refractivity contribution in [1.82, 2.24) is 25.3 Å². The largest absolute Gasteiger partial charge is 0.419 e. The summed E-state index contributed by atoms with van der Waals surface area (Å²) in [7, 11) is 0. The van der Waals surface area contributed by atoms with Crippen LogP contribution in [-0.2, 0) is 10.9 Å². The van der Waals surface area contributed by atoms with Crippen molar-refractivity contribution in [2.45, 2.75) is 56.4 Å². The van der Waals surface area contributed by atoms with Gasteiger partial charge in [0.25, 0.3) is 0 Å². The Bertz CT molecular complexity index is 1230. The smallest absolute Gasteiger partial charge is 0.377 e. The average Bonchev–Trinajstić information content (AvgIpc) is 3.46. The molecule has 8 nitrogen and oxygen atoms in total. The number of halogens is 3. The Morgan fingerprint density at radius 1 is 1.20 bits per heavy atom. The van der Waals surface area contributed by atoms with Crippen molar-refractivity contribution in [2.75, 3.05) is 36.5 Å². The van der Waals surface area contributed by atoms with Crippen molar-refractivity contribution < 1.29 is 17.9 Å². The molecule has 0 amide bonds. The summed E-state index contributed by atoms with van der Waals surface area (Å²) < 4.78 is 47.3. The van der Waals surface area contributed by atoms with Crippen molar-refractivity contribution in [3.63, 3.8) is 0 Å². The maximum atomic E-state index is 13.9. The number of aromatic amines is 1. The number of hydrogen-bond acceptors (Lipinski definition) is 7. The van der Waals surface area contributed by atoms with E-state index in [1.807, 2.05) is 6.07 Å². The maximum Gasteiger partial charge on any atom is 0.419 e. The molecule has 1 saturated carbocycles. The third-order valence-electron chi connectivity index (χ3n) is 7.42. The van der Waals surface area contributed by atoms with Crippen LogP contribution in [0.4, 0.5) is 24.9 Å². The van der Waals surface area contributed by atoms with Crippen LogP contribution in [0, 0.1) is 0 Å². The van der Waals surface area contributed by atoms with Gasteiger partial charge in [-0.2, -0.15) is 13.2 Å². The quantitative estimate of drug-likeness (QED) is 0.513. The molecule has 0 bridgehead atoms. The lowest BCUT2D eigenvalue weighted by Gasteiger charge is -2.34. The van der Waals surface area contributed by atoms with Crippen molar-refractivity contribution in [3.05, 3.63) is 30.1 Å². The first-order valence-corrected chi connectivity index (χ1v) is 12.1. The zero-order chi connectivity index (χ0) is 24.2. The first-order chi connectivity index (χ1) is 16.8. The third kappa shape index (κ3) is 4.31. The van der Waals surface area contributed by atoms with Gasteiger partial charge in [0.15, 0.2) is 0 Å². The van der Waals surface area contributed by atoms with Gasteiger partial charge in [-0.25, -0.2) is 15.0 Å². The molecular formula is C24H28F3N7O. The normalized spacial score (nSPS) is 24.2. The number of hydrogen-bond donors (Lipinski definition) is 3. The second-order valence-electron chi connectivity index (χ2n) is 9.88. The minimum atomic E-state index is -4.58. The molecule has 0 aromatic carbocycles. The van der Waals surface area contributed by atoms with Crippen LogP contribution in [0.25, 0.3) is 22.3 Å². The van der Waals surface area contributed by atoms with Gasteiger partial charge in [-0.15, -0.1) is 0 Å². The van der Waals surface area contributed by atoms with E-state index >= 15 is 0 Å². The molecule has 3 N–H and O–H groups in total.